The van der Waals surface area contributed by atoms with Gasteiger partial charge in [-0.1, -0.05) is 0 Å². The minimum absolute atomic E-state index is 0.0631. The van der Waals surface area contributed by atoms with Crippen molar-refractivity contribution in [2.45, 2.75) is 37.7 Å². The summed E-state index contributed by atoms with van der Waals surface area (Å²) in [5.74, 6) is -0.365. The van der Waals surface area contributed by atoms with Gasteiger partial charge in [0.25, 0.3) is 6.01 Å². The van der Waals surface area contributed by atoms with Gasteiger partial charge in [-0.05, 0) is 31.4 Å². The molecule has 3 saturated heterocycles. The van der Waals surface area contributed by atoms with Crippen LogP contribution in [0, 0.1) is 0 Å². The number of hydrogen-bond donors (Lipinski definition) is 1. The van der Waals surface area contributed by atoms with Crippen LogP contribution in [0.25, 0.3) is 21.7 Å². The van der Waals surface area contributed by atoms with Crippen LogP contribution < -0.4 is 15.0 Å². The minimum atomic E-state index is -4.81. The Kier molecular flexibility index (Phi) is 4.20. The Hall–Kier alpha value is -2.33. The Morgan fingerprint density at radius 3 is 2.96 bits per heavy atom. The lowest BCUT2D eigenvalue weighted by atomic mass is 10.1. The van der Waals surface area contributed by atoms with E-state index in [9.17, 15) is 13.2 Å². The third-order valence-corrected chi connectivity index (χ3v) is 6.03. The molecule has 6 rings (SSSR count). The van der Waals surface area contributed by atoms with Crippen molar-refractivity contribution in [2.75, 3.05) is 18.0 Å². The molecule has 0 saturated carbocycles. The van der Waals surface area contributed by atoms with E-state index in [2.05, 4.69) is 24.9 Å². The smallest absolute Gasteiger partial charge is 0.422 e. The molecule has 0 aliphatic carbocycles. The number of ether oxygens (including phenoxy) is 1. The molecule has 2 atom stereocenters. The van der Waals surface area contributed by atoms with E-state index < -0.39 is 6.36 Å². The van der Waals surface area contributed by atoms with Crippen molar-refractivity contribution < 1.29 is 22.3 Å². The van der Waals surface area contributed by atoms with Gasteiger partial charge in [0.1, 0.15) is 5.01 Å². The Balaban J connectivity index is 1.63. The zero-order chi connectivity index (χ0) is 19.3. The second-order valence-corrected chi connectivity index (χ2v) is 7.91. The fraction of sp³-hybridized carbons (Fsp3) is 0.444. The summed E-state index contributed by atoms with van der Waals surface area (Å²) in [4.78, 5) is 10.8. The van der Waals surface area contributed by atoms with Crippen LogP contribution in [0.2, 0.25) is 0 Å². The van der Waals surface area contributed by atoms with Crippen molar-refractivity contribution in [1.82, 2.24) is 15.3 Å². The molecule has 6 nitrogen and oxygen atoms in total. The van der Waals surface area contributed by atoms with E-state index in [-0.39, 0.29) is 22.9 Å². The lowest BCUT2D eigenvalue weighted by Crippen LogP contribution is -2.54. The fourth-order valence-electron chi connectivity index (χ4n) is 3.98. The first-order chi connectivity index (χ1) is 13.5. The molecule has 2 unspecified atom stereocenters. The van der Waals surface area contributed by atoms with Gasteiger partial charge in [0.05, 0.1) is 5.56 Å². The van der Waals surface area contributed by atoms with Crippen LogP contribution in [-0.2, 0) is 0 Å². The van der Waals surface area contributed by atoms with Crippen LogP contribution in [0.15, 0.2) is 28.1 Å². The first-order valence-electron chi connectivity index (χ1n) is 9.07. The van der Waals surface area contributed by atoms with Gasteiger partial charge in [0, 0.05) is 36.8 Å². The number of alkyl halides is 3. The first-order valence-corrected chi connectivity index (χ1v) is 9.95. The number of anilines is 1. The maximum absolute atomic E-state index is 12.9. The summed E-state index contributed by atoms with van der Waals surface area (Å²) < 4.78 is 48.8. The van der Waals surface area contributed by atoms with Gasteiger partial charge in [0.15, 0.2) is 16.8 Å². The predicted octanol–water partition coefficient (Wildman–Crippen LogP) is 4.18. The van der Waals surface area contributed by atoms with E-state index in [0.717, 1.165) is 32.4 Å². The molecule has 0 radical (unpaired) electrons. The van der Waals surface area contributed by atoms with Gasteiger partial charge in [-0.25, -0.2) is 4.98 Å². The Morgan fingerprint density at radius 1 is 1.29 bits per heavy atom. The Morgan fingerprint density at radius 2 is 2.18 bits per heavy atom. The SMILES string of the molecule is FC(F)(F)Oc1ccc(-c2nccs2)c2oc(N3CC4CCCC3CN4)nc12. The monoisotopic (exact) mass is 410 g/mol. The summed E-state index contributed by atoms with van der Waals surface area (Å²) in [5, 5.41) is 5.96. The van der Waals surface area contributed by atoms with Crippen molar-refractivity contribution in [3.05, 3.63) is 23.7 Å². The van der Waals surface area contributed by atoms with Gasteiger partial charge < -0.3 is 19.4 Å². The third kappa shape index (κ3) is 3.20. The summed E-state index contributed by atoms with van der Waals surface area (Å²) in [7, 11) is 0. The number of piperazine rings is 1. The maximum Gasteiger partial charge on any atom is 0.573 e. The Labute approximate surface area is 162 Å². The van der Waals surface area contributed by atoms with E-state index in [0.29, 0.717) is 22.6 Å². The second-order valence-electron chi connectivity index (χ2n) is 7.01. The summed E-state index contributed by atoms with van der Waals surface area (Å²) in [5.41, 5.74) is 0.935. The number of nitrogens with one attached hydrogen (secondary N) is 1. The van der Waals surface area contributed by atoms with E-state index in [1.807, 2.05) is 0 Å². The molecule has 0 amide bonds. The number of oxazole rings is 1. The highest BCUT2D eigenvalue weighted by molar-refractivity contribution is 7.13. The van der Waals surface area contributed by atoms with Crippen molar-refractivity contribution in [2.24, 2.45) is 0 Å². The molecule has 3 fully saturated rings. The highest BCUT2D eigenvalue weighted by Gasteiger charge is 2.36. The van der Waals surface area contributed by atoms with E-state index in [1.54, 1.807) is 11.6 Å². The third-order valence-electron chi connectivity index (χ3n) is 5.22. The molecule has 0 spiro atoms. The molecule has 3 aromatic rings. The standard InChI is InChI=1S/C18H17F3N4O2S/c19-18(20,21)27-13-5-4-12(16-22-6-7-28-16)15-14(13)24-17(26-15)25-9-10-2-1-3-11(25)8-23-10/h4-7,10-11,23H,1-3,8-9H2. The zero-order valence-corrected chi connectivity index (χ0v) is 15.5. The van der Waals surface area contributed by atoms with E-state index in [1.165, 1.54) is 23.5 Å². The lowest BCUT2D eigenvalue weighted by Gasteiger charge is -2.36. The number of thiazole rings is 1. The van der Waals surface area contributed by atoms with E-state index >= 15 is 0 Å². The number of fused-ring (bicyclic) bond motifs is 5. The van der Waals surface area contributed by atoms with Gasteiger partial charge in [-0.15, -0.1) is 24.5 Å². The lowest BCUT2D eigenvalue weighted by molar-refractivity contribution is -0.274. The number of rotatable bonds is 3. The molecule has 3 aliphatic rings. The average Bonchev–Trinajstić information content (AvgIpc) is 3.23. The number of benzene rings is 1. The Bertz CT molecular complexity index is 985. The molecule has 148 valence electrons. The van der Waals surface area contributed by atoms with Crippen molar-refractivity contribution in [1.29, 1.82) is 0 Å². The highest BCUT2D eigenvalue weighted by Crippen LogP contribution is 2.40. The van der Waals surface area contributed by atoms with Gasteiger partial charge >= 0.3 is 6.36 Å². The van der Waals surface area contributed by atoms with Gasteiger partial charge in [0.2, 0.25) is 0 Å². The van der Waals surface area contributed by atoms with Crippen LogP contribution in [0.5, 0.6) is 5.75 Å². The van der Waals surface area contributed by atoms with Gasteiger partial charge in [-0.2, -0.15) is 4.98 Å². The van der Waals surface area contributed by atoms with Crippen LogP contribution in [-0.4, -0.2) is 41.5 Å². The molecule has 28 heavy (non-hydrogen) atoms. The summed E-state index contributed by atoms with van der Waals surface area (Å²) in [6.07, 6.45) is 0.00234. The number of hydrogen-bond acceptors (Lipinski definition) is 7. The molecular formula is C18H17F3N4O2S. The molecule has 1 aromatic carbocycles. The van der Waals surface area contributed by atoms with Crippen LogP contribution in [0.4, 0.5) is 19.2 Å². The molecule has 10 heteroatoms. The summed E-state index contributed by atoms with van der Waals surface area (Å²) in [6, 6.07) is 3.69. The van der Waals surface area contributed by atoms with Crippen molar-refractivity contribution >= 4 is 28.5 Å². The average molecular weight is 410 g/mol. The zero-order valence-electron chi connectivity index (χ0n) is 14.7. The van der Waals surface area contributed by atoms with Crippen LogP contribution in [0.3, 0.4) is 0 Å². The first kappa shape index (κ1) is 17.7. The van der Waals surface area contributed by atoms with Crippen molar-refractivity contribution in [3.63, 3.8) is 0 Å². The normalized spacial score (nSPS) is 22.6. The quantitative estimate of drug-likeness (QED) is 0.699. The topological polar surface area (TPSA) is 63.4 Å². The predicted molar refractivity (Wildman–Crippen MR) is 98.6 cm³/mol. The maximum atomic E-state index is 12.9. The van der Waals surface area contributed by atoms with Crippen LogP contribution in [0.1, 0.15) is 19.3 Å². The summed E-state index contributed by atoms with van der Waals surface area (Å²) >= 11 is 1.38. The number of halogens is 3. The number of aromatic nitrogens is 2. The molecule has 3 aliphatic heterocycles. The molecule has 2 aromatic heterocycles. The van der Waals surface area contributed by atoms with Crippen LogP contribution >= 0.6 is 11.3 Å². The largest absolute Gasteiger partial charge is 0.573 e. The fourth-order valence-corrected chi connectivity index (χ4v) is 4.64. The molecule has 5 heterocycles. The van der Waals surface area contributed by atoms with Gasteiger partial charge in [-0.3, -0.25) is 0 Å². The molecular weight excluding hydrogens is 393 g/mol. The highest BCUT2D eigenvalue weighted by atomic mass is 32.1. The second kappa shape index (κ2) is 6.63. The summed E-state index contributed by atoms with van der Waals surface area (Å²) in [6.45, 7) is 1.54. The number of nitrogens with zero attached hydrogens (tertiary/aromatic N) is 3. The minimum Gasteiger partial charge on any atom is -0.422 e. The van der Waals surface area contributed by atoms with Crippen molar-refractivity contribution in [3.8, 4) is 16.3 Å². The van der Waals surface area contributed by atoms with E-state index in [4.69, 9.17) is 4.42 Å². The molecule has 1 N–H and O–H groups in total. The molecule has 2 bridgehead atoms.